The maximum Gasteiger partial charge on any atom is 0.250 e. The van der Waals surface area contributed by atoms with Crippen molar-refractivity contribution in [1.82, 2.24) is 19.5 Å². The number of hydrogen-bond donors (Lipinski definition) is 1. The molecular formula is C22H19N5O3. The van der Waals surface area contributed by atoms with Gasteiger partial charge >= 0.3 is 0 Å². The summed E-state index contributed by atoms with van der Waals surface area (Å²) in [6.07, 6.45) is 6.53. The van der Waals surface area contributed by atoms with E-state index in [2.05, 4.69) is 20.3 Å². The molecule has 0 aliphatic heterocycles. The van der Waals surface area contributed by atoms with Crippen LogP contribution in [0.4, 0.5) is 5.69 Å². The van der Waals surface area contributed by atoms with Gasteiger partial charge in [-0.05, 0) is 29.8 Å². The zero-order valence-corrected chi connectivity index (χ0v) is 16.0. The number of benzene rings is 2. The van der Waals surface area contributed by atoms with E-state index < -0.39 is 0 Å². The highest BCUT2D eigenvalue weighted by Crippen LogP contribution is 2.22. The fourth-order valence-corrected chi connectivity index (χ4v) is 2.68. The van der Waals surface area contributed by atoms with Crippen LogP contribution >= 0.6 is 0 Å². The molecule has 8 nitrogen and oxygen atoms in total. The topological polar surface area (TPSA) is 91.2 Å². The summed E-state index contributed by atoms with van der Waals surface area (Å²) in [6.45, 7) is 0.367. The zero-order chi connectivity index (χ0) is 20.6. The van der Waals surface area contributed by atoms with Crippen LogP contribution in [0.25, 0.3) is 5.82 Å². The monoisotopic (exact) mass is 401 g/mol. The Balaban J connectivity index is 1.29. The number of hydrogen-bond acceptors (Lipinski definition) is 6. The van der Waals surface area contributed by atoms with Crippen LogP contribution in [0.5, 0.6) is 11.6 Å². The van der Waals surface area contributed by atoms with Crippen LogP contribution in [0.2, 0.25) is 0 Å². The number of aromatic nitrogens is 4. The maximum absolute atomic E-state index is 12.0. The third-order valence-electron chi connectivity index (χ3n) is 4.10. The normalized spacial score (nSPS) is 10.5. The van der Waals surface area contributed by atoms with E-state index in [0.29, 0.717) is 29.7 Å². The van der Waals surface area contributed by atoms with Crippen molar-refractivity contribution in [3.63, 3.8) is 0 Å². The van der Waals surface area contributed by atoms with Crippen molar-refractivity contribution in [3.8, 4) is 17.4 Å². The highest BCUT2D eigenvalue weighted by Gasteiger charge is 2.06. The van der Waals surface area contributed by atoms with Crippen molar-refractivity contribution in [1.29, 1.82) is 0 Å². The first-order valence-corrected chi connectivity index (χ1v) is 9.26. The molecule has 2 heterocycles. The van der Waals surface area contributed by atoms with E-state index in [4.69, 9.17) is 9.47 Å². The van der Waals surface area contributed by atoms with Gasteiger partial charge in [0.2, 0.25) is 11.8 Å². The van der Waals surface area contributed by atoms with Crippen LogP contribution in [-0.4, -0.2) is 32.0 Å². The van der Waals surface area contributed by atoms with Gasteiger partial charge in [0, 0.05) is 24.1 Å². The minimum atomic E-state index is -0.222. The van der Waals surface area contributed by atoms with Crippen molar-refractivity contribution >= 4 is 11.6 Å². The number of nitrogens with one attached hydrogen (secondary N) is 1. The molecule has 2 aromatic heterocycles. The summed E-state index contributed by atoms with van der Waals surface area (Å²) >= 11 is 0. The molecule has 0 unspecified atom stereocenters. The number of rotatable bonds is 8. The molecule has 0 aliphatic rings. The van der Waals surface area contributed by atoms with Gasteiger partial charge in [-0.1, -0.05) is 30.3 Å². The average Bonchev–Trinajstić information content (AvgIpc) is 3.31. The highest BCUT2D eigenvalue weighted by molar-refractivity contribution is 5.91. The molecule has 8 heteroatoms. The van der Waals surface area contributed by atoms with E-state index in [-0.39, 0.29) is 12.5 Å². The lowest BCUT2D eigenvalue weighted by Crippen LogP contribution is -2.18. The molecule has 0 spiro atoms. The van der Waals surface area contributed by atoms with Gasteiger partial charge in [0.05, 0.1) is 6.61 Å². The Hall–Kier alpha value is -4.04. The largest absolute Gasteiger partial charge is 0.439 e. The Kier molecular flexibility index (Phi) is 6.07. The van der Waals surface area contributed by atoms with E-state index in [1.807, 2.05) is 30.3 Å². The maximum atomic E-state index is 12.0. The molecule has 0 saturated heterocycles. The van der Waals surface area contributed by atoms with Gasteiger partial charge in [0.25, 0.3) is 0 Å². The first kappa shape index (κ1) is 19.3. The van der Waals surface area contributed by atoms with E-state index >= 15 is 0 Å². The molecule has 30 heavy (non-hydrogen) atoms. The summed E-state index contributed by atoms with van der Waals surface area (Å²) < 4.78 is 13.0. The molecule has 4 aromatic rings. The summed E-state index contributed by atoms with van der Waals surface area (Å²) in [5.41, 5.74) is 1.67. The average molecular weight is 401 g/mol. The molecule has 0 bridgehead atoms. The second kappa shape index (κ2) is 9.44. The van der Waals surface area contributed by atoms with Crippen molar-refractivity contribution in [3.05, 3.63) is 91.3 Å². The zero-order valence-electron chi connectivity index (χ0n) is 16.0. The predicted molar refractivity (Wildman–Crippen MR) is 110 cm³/mol. The first-order valence-electron chi connectivity index (χ1n) is 9.26. The Morgan fingerprint density at radius 3 is 2.63 bits per heavy atom. The third-order valence-corrected chi connectivity index (χ3v) is 4.10. The molecule has 0 atom stereocenters. The Morgan fingerprint density at radius 2 is 1.87 bits per heavy atom. The summed E-state index contributed by atoms with van der Waals surface area (Å²) in [4.78, 5) is 24.3. The second-order valence-electron chi connectivity index (χ2n) is 6.34. The van der Waals surface area contributed by atoms with Crippen LogP contribution in [0.15, 0.2) is 85.7 Å². The Bertz CT molecular complexity index is 1080. The van der Waals surface area contributed by atoms with Crippen molar-refractivity contribution in [2.45, 2.75) is 6.61 Å². The van der Waals surface area contributed by atoms with E-state index in [9.17, 15) is 4.79 Å². The van der Waals surface area contributed by atoms with Gasteiger partial charge in [0.15, 0.2) is 0 Å². The second-order valence-corrected chi connectivity index (χ2v) is 6.34. The minimum Gasteiger partial charge on any atom is -0.439 e. The van der Waals surface area contributed by atoms with Gasteiger partial charge in [-0.3, -0.25) is 9.36 Å². The van der Waals surface area contributed by atoms with Crippen LogP contribution in [0, 0.1) is 0 Å². The number of ether oxygens (including phenoxy) is 2. The number of nitrogens with zero attached hydrogens (tertiary/aromatic N) is 4. The smallest absolute Gasteiger partial charge is 0.250 e. The van der Waals surface area contributed by atoms with Crippen molar-refractivity contribution in [2.24, 2.45) is 0 Å². The quantitative estimate of drug-likeness (QED) is 0.485. The predicted octanol–water partition coefficient (Wildman–Crippen LogP) is 3.61. The molecule has 0 aliphatic carbocycles. The third kappa shape index (κ3) is 5.27. The van der Waals surface area contributed by atoms with E-state index in [1.165, 1.54) is 6.33 Å². The molecule has 1 amide bonds. The van der Waals surface area contributed by atoms with Gasteiger partial charge in [0.1, 0.15) is 30.8 Å². The molecular weight excluding hydrogens is 382 g/mol. The minimum absolute atomic E-state index is 0.0227. The van der Waals surface area contributed by atoms with Gasteiger partial charge in [-0.25, -0.2) is 15.0 Å². The number of amides is 1. The molecule has 0 fully saturated rings. The summed E-state index contributed by atoms with van der Waals surface area (Å²) in [5, 5.41) is 2.79. The van der Waals surface area contributed by atoms with E-state index in [1.54, 1.807) is 53.6 Å². The van der Waals surface area contributed by atoms with Crippen LogP contribution in [0.3, 0.4) is 0 Å². The fourth-order valence-electron chi connectivity index (χ4n) is 2.68. The SMILES string of the molecule is O=C(COCc1ccccc1)Nc1ccc(Oc2cc(-n3ccnc3)ncn2)cc1. The number of anilines is 1. The molecule has 150 valence electrons. The fraction of sp³-hybridized carbons (Fsp3) is 0.0909. The van der Waals surface area contributed by atoms with Crippen LogP contribution in [-0.2, 0) is 16.1 Å². The van der Waals surface area contributed by atoms with Crippen molar-refractivity contribution < 1.29 is 14.3 Å². The lowest BCUT2D eigenvalue weighted by atomic mass is 10.2. The first-order chi connectivity index (χ1) is 14.8. The molecule has 1 N–H and O–H groups in total. The van der Waals surface area contributed by atoms with Gasteiger partial charge in [-0.2, -0.15) is 0 Å². The number of imidazole rings is 1. The highest BCUT2D eigenvalue weighted by atomic mass is 16.5. The standard InChI is InChI=1S/C22H19N5O3/c28-21(14-29-13-17-4-2-1-3-5-17)26-18-6-8-19(9-7-18)30-22-12-20(24-15-25-22)27-11-10-23-16-27/h1-12,15-16H,13-14H2,(H,26,28). The summed E-state index contributed by atoms with van der Waals surface area (Å²) in [6, 6.07) is 18.4. The molecule has 4 rings (SSSR count). The number of carbonyl (C=O) groups is 1. The summed E-state index contributed by atoms with van der Waals surface area (Å²) in [7, 11) is 0. The molecule has 2 aromatic carbocycles. The lowest BCUT2D eigenvalue weighted by Gasteiger charge is -2.09. The molecule has 0 saturated carbocycles. The van der Waals surface area contributed by atoms with Gasteiger partial charge < -0.3 is 14.8 Å². The van der Waals surface area contributed by atoms with Crippen LogP contribution < -0.4 is 10.1 Å². The van der Waals surface area contributed by atoms with Crippen molar-refractivity contribution in [2.75, 3.05) is 11.9 Å². The van der Waals surface area contributed by atoms with Crippen LogP contribution in [0.1, 0.15) is 5.56 Å². The molecule has 0 radical (unpaired) electrons. The number of carbonyl (C=O) groups excluding carboxylic acids is 1. The lowest BCUT2D eigenvalue weighted by molar-refractivity contribution is -0.121. The van der Waals surface area contributed by atoms with Gasteiger partial charge in [-0.15, -0.1) is 0 Å². The Morgan fingerprint density at radius 1 is 1.03 bits per heavy atom. The van der Waals surface area contributed by atoms with E-state index in [0.717, 1.165) is 5.56 Å². The Labute approximate surface area is 173 Å². The summed E-state index contributed by atoms with van der Waals surface area (Å²) in [5.74, 6) is 1.42.